The summed E-state index contributed by atoms with van der Waals surface area (Å²) in [5.74, 6) is 0. The van der Waals surface area contributed by atoms with E-state index in [1.165, 1.54) is 86.7 Å². The normalized spacial score (nSPS) is 12.3. The maximum absolute atomic E-state index is 7.07. The zero-order valence-electron chi connectivity index (χ0n) is 27.6. The van der Waals surface area contributed by atoms with Gasteiger partial charge in [-0.2, -0.15) is 0 Å². The van der Waals surface area contributed by atoms with Crippen molar-refractivity contribution in [2.24, 2.45) is 0 Å². The molecule has 1 aromatic heterocycles. The minimum absolute atomic E-state index is 0.924. The third kappa shape index (κ3) is 3.70. The molecule has 0 atom stereocenters. The van der Waals surface area contributed by atoms with Crippen LogP contribution in [0, 0.1) is 0 Å². The predicted octanol–water partition coefficient (Wildman–Crippen LogP) is 14.4. The van der Waals surface area contributed by atoms with Gasteiger partial charge in [0.05, 0.1) is 0 Å². The monoisotopic (exact) mass is 644 g/mol. The van der Waals surface area contributed by atoms with Gasteiger partial charge in [0.15, 0.2) is 0 Å². The molecule has 0 saturated carbocycles. The van der Waals surface area contributed by atoms with Crippen LogP contribution < -0.4 is 0 Å². The molecule has 0 radical (unpaired) electrons. The molecule has 0 amide bonds. The van der Waals surface area contributed by atoms with Crippen LogP contribution in [0.25, 0.3) is 120 Å². The Hall–Kier alpha value is -6.70. The zero-order chi connectivity index (χ0) is 33.2. The highest BCUT2D eigenvalue weighted by atomic mass is 16.3. The SMILES string of the molecule is c1ccc2c(c1)ccc1c3cc(-c4ccc5ccc6cccc7ccc4c5c67)cc(-c4cc5ccccc5c5c4ccc4ccccc45)c3oc21. The molecule has 0 bridgehead atoms. The van der Waals surface area contributed by atoms with Gasteiger partial charge in [-0.25, -0.2) is 0 Å². The van der Waals surface area contributed by atoms with Crippen molar-refractivity contribution in [3.63, 3.8) is 0 Å². The summed E-state index contributed by atoms with van der Waals surface area (Å²) in [5, 5.41) is 19.9. The van der Waals surface area contributed by atoms with Gasteiger partial charge >= 0.3 is 0 Å². The Labute approximate surface area is 292 Å². The van der Waals surface area contributed by atoms with Crippen LogP contribution in [-0.2, 0) is 0 Å². The van der Waals surface area contributed by atoms with Crippen molar-refractivity contribution in [3.05, 3.63) is 170 Å². The molecule has 11 aromatic carbocycles. The Kier molecular flexibility index (Phi) is 5.29. The highest BCUT2D eigenvalue weighted by molar-refractivity contribution is 6.28. The summed E-state index contributed by atoms with van der Waals surface area (Å²) in [6.45, 7) is 0. The van der Waals surface area contributed by atoms with Crippen molar-refractivity contribution in [3.8, 4) is 22.3 Å². The highest BCUT2D eigenvalue weighted by Gasteiger charge is 2.21. The smallest absolute Gasteiger partial charge is 0.143 e. The van der Waals surface area contributed by atoms with Crippen molar-refractivity contribution in [1.29, 1.82) is 0 Å². The molecule has 51 heavy (non-hydrogen) atoms. The lowest BCUT2D eigenvalue weighted by atomic mass is 9.86. The molecule has 0 aliphatic rings. The van der Waals surface area contributed by atoms with Gasteiger partial charge in [0.25, 0.3) is 0 Å². The third-order valence-electron chi connectivity index (χ3n) is 11.3. The van der Waals surface area contributed by atoms with E-state index in [0.29, 0.717) is 0 Å². The van der Waals surface area contributed by atoms with Gasteiger partial charge in [-0.05, 0) is 111 Å². The molecule has 0 unspecified atom stereocenters. The molecule has 0 fully saturated rings. The van der Waals surface area contributed by atoms with Crippen molar-refractivity contribution in [1.82, 2.24) is 0 Å². The Morgan fingerprint density at radius 1 is 0.255 bits per heavy atom. The minimum atomic E-state index is 0.924. The van der Waals surface area contributed by atoms with Gasteiger partial charge in [-0.15, -0.1) is 0 Å². The summed E-state index contributed by atoms with van der Waals surface area (Å²) in [5.41, 5.74) is 6.57. The van der Waals surface area contributed by atoms with Gasteiger partial charge in [-0.3, -0.25) is 0 Å². The van der Waals surface area contributed by atoms with Gasteiger partial charge in [-0.1, -0.05) is 146 Å². The lowest BCUT2D eigenvalue weighted by Gasteiger charge is -2.17. The maximum Gasteiger partial charge on any atom is 0.143 e. The molecule has 0 aliphatic heterocycles. The summed E-state index contributed by atoms with van der Waals surface area (Å²) in [7, 11) is 0. The number of rotatable bonds is 2. The Morgan fingerprint density at radius 2 is 0.804 bits per heavy atom. The molecular formula is C50H28O. The largest absolute Gasteiger partial charge is 0.455 e. The summed E-state index contributed by atoms with van der Waals surface area (Å²) in [4.78, 5) is 0. The lowest BCUT2D eigenvalue weighted by Crippen LogP contribution is -1.90. The van der Waals surface area contributed by atoms with Crippen LogP contribution in [0.3, 0.4) is 0 Å². The molecule has 0 aliphatic carbocycles. The van der Waals surface area contributed by atoms with E-state index in [1.54, 1.807) is 0 Å². The second-order valence-corrected chi connectivity index (χ2v) is 14.0. The molecule has 0 N–H and O–H groups in total. The standard InChI is InChI=1S/C50H28O/c1-4-13-37-29(8-1)18-23-41-43(26-34-10-3-5-14-38(34)48(37)41)45-28-35(27-44-42-25-19-30-9-2-6-15-39(30)49(42)51-50(44)45)36-22-20-33-17-16-31-11-7-12-32-21-24-40(36)47(33)46(31)32/h1-28H. The van der Waals surface area contributed by atoms with E-state index in [-0.39, 0.29) is 0 Å². The number of fused-ring (bicyclic) bond motifs is 10. The second kappa shape index (κ2) is 9.94. The molecule has 234 valence electrons. The number of furan rings is 1. The van der Waals surface area contributed by atoms with Crippen LogP contribution >= 0.6 is 0 Å². The first-order valence-electron chi connectivity index (χ1n) is 17.7. The quantitative estimate of drug-likeness (QED) is 0.171. The van der Waals surface area contributed by atoms with Crippen LogP contribution in [0.4, 0.5) is 0 Å². The average molecular weight is 645 g/mol. The molecule has 0 spiro atoms. The first-order valence-corrected chi connectivity index (χ1v) is 17.7. The average Bonchev–Trinajstić information content (AvgIpc) is 3.58. The Balaban J connectivity index is 1.26. The molecule has 1 heteroatoms. The van der Waals surface area contributed by atoms with E-state index in [4.69, 9.17) is 4.42 Å². The fourth-order valence-corrected chi connectivity index (χ4v) is 9.04. The van der Waals surface area contributed by atoms with Crippen molar-refractivity contribution in [2.75, 3.05) is 0 Å². The van der Waals surface area contributed by atoms with Crippen LogP contribution in [0.1, 0.15) is 0 Å². The Morgan fingerprint density at radius 3 is 1.59 bits per heavy atom. The van der Waals surface area contributed by atoms with E-state index in [0.717, 1.165) is 32.9 Å². The van der Waals surface area contributed by atoms with Crippen LogP contribution in [0.2, 0.25) is 0 Å². The molecule has 12 aromatic rings. The molecule has 0 saturated heterocycles. The fraction of sp³-hybridized carbons (Fsp3) is 0. The highest BCUT2D eigenvalue weighted by Crippen LogP contribution is 2.47. The zero-order valence-corrected chi connectivity index (χ0v) is 27.6. The first-order chi connectivity index (χ1) is 25.3. The lowest BCUT2D eigenvalue weighted by molar-refractivity contribution is 0.674. The summed E-state index contributed by atoms with van der Waals surface area (Å²) in [6, 6.07) is 62.7. The first kappa shape index (κ1) is 27.2. The summed E-state index contributed by atoms with van der Waals surface area (Å²) < 4.78 is 7.07. The van der Waals surface area contributed by atoms with Gasteiger partial charge in [0, 0.05) is 21.7 Å². The van der Waals surface area contributed by atoms with E-state index >= 15 is 0 Å². The fourth-order valence-electron chi connectivity index (χ4n) is 9.04. The number of benzene rings is 11. The van der Waals surface area contributed by atoms with Gasteiger partial charge < -0.3 is 4.42 Å². The van der Waals surface area contributed by atoms with Crippen molar-refractivity contribution in [2.45, 2.75) is 0 Å². The van der Waals surface area contributed by atoms with E-state index in [2.05, 4.69) is 170 Å². The second-order valence-electron chi connectivity index (χ2n) is 14.0. The van der Waals surface area contributed by atoms with Crippen molar-refractivity contribution < 1.29 is 4.42 Å². The van der Waals surface area contributed by atoms with Gasteiger partial charge in [0.2, 0.25) is 0 Å². The van der Waals surface area contributed by atoms with Crippen LogP contribution in [0.5, 0.6) is 0 Å². The van der Waals surface area contributed by atoms with Crippen molar-refractivity contribution >= 4 is 97.3 Å². The van der Waals surface area contributed by atoms with Crippen LogP contribution in [-0.4, -0.2) is 0 Å². The molecule has 1 heterocycles. The number of hydrogen-bond donors (Lipinski definition) is 0. The summed E-state index contributed by atoms with van der Waals surface area (Å²) in [6.07, 6.45) is 0. The maximum atomic E-state index is 7.07. The topological polar surface area (TPSA) is 13.1 Å². The molecule has 12 rings (SSSR count). The summed E-state index contributed by atoms with van der Waals surface area (Å²) >= 11 is 0. The number of hydrogen-bond acceptors (Lipinski definition) is 1. The molecule has 1 nitrogen and oxygen atoms in total. The predicted molar refractivity (Wildman–Crippen MR) is 218 cm³/mol. The minimum Gasteiger partial charge on any atom is -0.455 e. The van der Waals surface area contributed by atoms with E-state index in [1.807, 2.05) is 0 Å². The molecular weight excluding hydrogens is 617 g/mol. The Bertz CT molecular complexity index is 3380. The van der Waals surface area contributed by atoms with E-state index in [9.17, 15) is 0 Å². The van der Waals surface area contributed by atoms with Crippen LogP contribution in [0.15, 0.2) is 174 Å². The van der Waals surface area contributed by atoms with E-state index < -0.39 is 0 Å². The third-order valence-corrected chi connectivity index (χ3v) is 11.3. The van der Waals surface area contributed by atoms with Gasteiger partial charge in [0.1, 0.15) is 11.2 Å².